The number of ether oxygens (including phenoxy) is 3. The van der Waals surface area contributed by atoms with Gasteiger partial charge in [-0.2, -0.15) is 0 Å². The summed E-state index contributed by atoms with van der Waals surface area (Å²) < 4.78 is 17.1. The number of nitrogens with zero attached hydrogens (tertiary/aromatic N) is 2. The molecule has 0 radical (unpaired) electrons. The van der Waals surface area contributed by atoms with Crippen LogP contribution in [-0.2, 0) is 9.59 Å². The summed E-state index contributed by atoms with van der Waals surface area (Å²) in [5.41, 5.74) is 1.17. The van der Waals surface area contributed by atoms with Gasteiger partial charge in [-0.05, 0) is 69.4 Å². The van der Waals surface area contributed by atoms with Crippen LogP contribution in [0.15, 0.2) is 48.0 Å². The van der Waals surface area contributed by atoms with Crippen LogP contribution in [0.5, 0.6) is 17.2 Å². The van der Waals surface area contributed by atoms with Crippen LogP contribution in [0.2, 0.25) is 0 Å². The average molecular weight is 495 g/mol. The number of likely N-dealkylation sites (tertiary alicyclic amines) is 1. The van der Waals surface area contributed by atoms with Crippen LogP contribution in [0.25, 0.3) is 5.76 Å². The Bertz CT molecular complexity index is 1140. The Morgan fingerprint density at radius 2 is 1.86 bits per heavy atom. The Labute approximate surface area is 212 Å². The molecule has 0 aromatic heterocycles. The lowest BCUT2D eigenvalue weighted by molar-refractivity contribution is -0.139. The van der Waals surface area contributed by atoms with Crippen LogP contribution >= 0.6 is 0 Å². The van der Waals surface area contributed by atoms with Gasteiger partial charge in [0.2, 0.25) is 0 Å². The summed E-state index contributed by atoms with van der Waals surface area (Å²) in [4.78, 5) is 30.1. The van der Waals surface area contributed by atoms with Crippen molar-refractivity contribution >= 4 is 17.4 Å². The molecular weight excluding hydrogens is 460 g/mol. The molecule has 4 rings (SSSR count). The van der Waals surface area contributed by atoms with Gasteiger partial charge in [0.05, 0.1) is 18.2 Å². The number of Topliss-reactive ketones (excluding diaryl/α,β-unsaturated/α-hetero) is 1. The standard InChI is InChI=1S/C28H34N2O6/c1-4-5-14-34-21-9-6-8-19(17-21)25-24(27(32)28(33)30(25)13-7-12-29(2)3)26(31)20-10-11-22-23(18-20)36-16-15-35-22/h6,8-11,17-18,25,31H,4-5,7,12-16H2,1-3H3/b26-24+/t25-/m1/s1. The number of aliphatic hydroxyl groups is 1. The topological polar surface area (TPSA) is 88.5 Å². The molecule has 0 saturated carbocycles. The predicted octanol–water partition coefficient (Wildman–Crippen LogP) is 4.01. The lowest BCUT2D eigenvalue weighted by Crippen LogP contribution is -2.32. The lowest BCUT2D eigenvalue weighted by atomic mass is 9.95. The molecule has 1 atom stereocenters. The SMILES string of the molecule is CCCCOc1cccc([C@@H]2/C(=C(\O)c3ccc4c(c3)OCCO4)C(=O)C(=O)N2CCCN(C)C)c1. The largest absolute Gasteiger partial charge is 0.507 e. The van der Waals surface area contributed by atoms with Crippen molar-refractivity contribution in [1.82, 2.24) is 9.80 Å². The minimum Gasteiger partial charge on any atom is -0.507 e. The summed E-state index contributed by atoms with van der Waals surface area (Å²) in [6.45, 7) is 4.68. The molecule has 2 aromatic rings. The number of fused-ring (bicyclic) bond motifs is 1. The zero-order chi connectivity index (χ0) is 25.7. The summed E-state index contributed by atoms with van der Waals surface area (Å²) in [7, 11) is 3.93. The molecule has 192 valence electrons. The second-order valence-corrected chi connectivity index (χ2v) is 9.28. The maximum atomic E-state index is 13.3. The summed E-state index contributed by atoms with van der Waals surface area (Å²) in [6, 6.07) is 11.7. The molecule has 2 heterocycles. The molecular formula is C28H34N2O6. The van der Waals surface area contributed by atoms with Crippen molar-refractivity contribution < 1.29 is 28.9 Å². The first-order valence-electron chi connectivity index (χ1n) is 12.5. The first kappa shape index (κ1) is 25.6. The van der Waals surface area contributed by atoms with Gasteiger partial charge in [-0.25, -0.2) is 0 Å². The number of carbonyl (C=O) groups excluding carboxylic acids is 2. The minimum atomic E-state index is -0.727. The molecule has 0 aliphatic carbocycles. The Balaban J connectivity index is 1.75. The first-order chi connectivity index (χ1) is 17.4. The van der Waals surface area contributed by atoms with Crippen molar-refractivity contribution in [2.45, 2.75) is 32.2 Å². The summed E-state index contributed by atoms with van der Waals surface area (Å²) >= 11 is 0. The number of benzene rings is 2. The Morgan fingerprint density at radius 3 is 2.61 bits per heavy atom. The highest BCUT2D eigenvalue weighted by Crippen LogP contribution is 2.41. The zero-order valence-electron chi connectivity index (χ0n) is 21.2. The average Bonchev–Trinajstić information content (AvgIpc) is 3.13. The van der Waals surface area contributed by atoms with Gasteiger partial charge in [0.25, 0.3) is 11.7 Å². The van der Waals surface area contributed by atoms with Crippen LogP contribution in [0.3, 0.4) is 0 Å². The normalized spacial score (nSPS) is 18.7. The monoisotopic (exact) mass is 494 g/mol. The molecule has 0 spiro atoms. The van der Waals surface area contributed by atoms with Gasteiger partial charge in [-0.15, -0.1) is 0 Å². The quantitative estimate of drug-likeness (QED) is 0.231. The van der Waals surface area contributed by atoms with E-state index in [9.17, 15) is 14.7 Å². The molecule has 0 bridgehead atoms. The fraction of sp³-hybridized carbons (Fsp3) is 0.429. The van der Waals surface area contributed by atoms with Gasteiger partial charge >= 0.3 is 0 Å². The third-order valence-corrected chi connectivity index (χ3v) is 6.30. The molecule has 1 saturated heterocycles. The number of aliphatic hydroxyl groups excluding tert-OH is 1. The van der Waals surface area contributed by atoms with E-state index in [1.807, 2.05) is 43.3 Å². The van der Waals surface area contributed by atoms with Crippen LogP contribution in [0.4, 0.5) is 0 Å². The second-order valence-electron chi connectivity index (χ2n) is 9.28. The van der Waals surface area contributed by atoms with Gasteiger partial charge in [0.15, 0.2) is 11.5 Å². The number of unbranched alkanes of at least 4 members (excludes halogenated alkanes) is 1. The molecule has 0 unspecified atom stereocenters. The first-order valence-corrected chi connectivity index (χ1v) is 12.5. The van der Waals surface area contributed by atoms with E-state index in [1.165, 1.54) is 0 Å². The number of hydrogen-bond acceptors (Lipinski definition) is 7. The lowest BCUT2D eigenvalue weighted by Gasteiger charge is -2.26. The van der Waals surface area contributed by atoms with Crippen molar-refractivity contribution in [3.05, 3.63) is 59.2 Å². The fourth-order valence-corrected chi connectivity index (χ4v) is 4.47. The van der Waals surface area contributed by atoms with Crippen molar-refractivity contribution in [1.29, 1.82) is 0 Å². The van der Waals surface area contributed by atoms with E-state index in [1.54, 1.807) is 23.1 Å². The van der Waals surface area contributed by atoms with Crippen LogP contribution in [0, 0.1) is 0 Å². The highest BCUT2D eigenvalue weighted by molar-refractivity contribution is 6.46. The third kappa shape index (κ3) is 5.49. The number of hydrogen-bond donors (Lipinski definition) is 1. The molecule has 8 heteroatoms. The molecule has 2 aromatic carbocycles. The number of rotatable bonds is 10. The van der Waals surface area contributed by atoms with Gasteiger partial charge < -0.3 is 29.1 Å². The van der Waals surface area contributed by atoms with E-state index in [0.29, 0.717) is 61.2 Å². The molecule has 1 N–H and O–H groups in total. The maximum Gasteiger partial charge on any atom is 0.295 e. The number of carbonyl (C=O) groups is 2. The van der Waals surface area contributed by atoms with E-state index in [4.69, 9.17) is 14.2 Å². The number of amides is 1. The van der Waals surface area contributed by atoms with Crippen molar-refractivity contribution in [2.24, 2.45) is 0 Å². The van der Waals surface area contributed by atoms with E-state index in [-0.39, 0.29) is 11.3 Å². The van der Waals surface area contributed by atoms with Gasteiger partial charge in [0, 0.05) is 12.1 Å². The van der Waals surface area contributed by atoms with Gasteiger partial charge in [-0.1, -0.05) is 25.5 Å². The van der Waals surface area contributed by atoms with E-state index in [2.05, 4.69) is 6.92 Å². The molecule has 8 nitrogen and oxygen atoms in total. The Morgan fingerprint density at radius 1 is 1.08 bits per heavy atom. The van der Waals surface area contributed by atoms with Gasteiger partial charge in [0.1, 0.15) is 24.7 Å². The van der Waals surface area contributed by atoms with Crippen molar-refractivity contribution in [3.8, 4) is 17.2 Å². The van der Waals surface area contributed by atoms with Crippen LogP contribution in [-0.4, -0.2) is 73.6 Å². The second kappa shape index (κ2) is 11.5. The summed E-state index contributed by atoms with van der Waals surface area (Å²) in [5.74, 6) is 0.190. The van der Waals surface area contributed by atoms with Crippen molar-refractivity contribution in [3.63, 3.8) is 0 Å². The number of ketones is 1. The zero-order valence-corrected chi connectivity index (χ0v) is 21.2. The van der Waals surface area contributed by atoms with Crippen LogP contribution in [0.1, 0.15) is 43.4 Å². The predicted molar refractivity (Wildman–Crippen MR) is 136 cm³/mol. The Kier molecular flexibility index (Phi) is 8.15. The minimum absolute atomic E-state index is 0.0623. The Hall–Kier alpha value is -3.52. The third-order valence-electron chi connectivity index (χ3n) is 6.30. The molecule has 36 heavy (non-hydrogen) atoms. The fourth-order valence-electron chi connectivity index (χ4n) is 4.47. The van der Waals surface area contributed by atoms with E-state index >= 15 is 0 Å². The van der Waals surface area contributed by atoms with Crippen molar-refractivity contribution in [2.75, 3.05) is 47.0 Å². The summed E-state index contributed by atoms with van der Waals surface area (Å²) in [5, 5.41) is 11.4. The summed E-state index contributed by atoms with van der Waals surface area (Å²) in [6.07, 6.45) is 2.63. The molecule has 2 aliphatic heterocycles. The van der Waals surface area contributed by atoms with Gasteiger partial charge in [-0.3, -0.25) is 9.59 Å². The van der Waals surface area contributed by atoms with Crippen LogP contribution < -0.4 is 14.2 Å². The van der Waals surface area contributed by atoms with E-state index in [0.717, 1.165) is 19.4 Å². The maximum absolute atomic E-state index is 13.3. The molecule has 2 aliphatic rings. The van der Waals surface area contributed by atoms with E-state index < -0.39 is 17.7 Å². The highest BCUT2D eigenvalue weighted by Gasteiger charge is 2.46. The molecule has 1 amide bonds. The molecule has 1 fully saturated rings. The smallest absolute Gasteiger partial charge is 0.295 e. The highest BCUT2D eigenvalue weighted by atomic mass is 16.6.